The molecule has 7 nitrogen and oxygen atoms in total. The van der Waals surface area contributed by atoms with Crippen LogP contribution in [0.15, 0.2) is 49.1 Å². The zero-order valence-electron chi connectivity index (χ0n) is 14.3. The van der Waals surface area contributed by atoms with E-state index in [1.54, 1.807) is 6.20 Å². The Bertz CT molecular complexity index is 1150. The van der Waals surface area contributed by atoms with Crippen molar-refractivity contribution in [3.8, 4) is 34.1 Å². The number of fused-ring (bicyclic) bond motifs is 1. The van der Waals surface area contributed by atoms with Crippen LogP contribution < -0.4 is 4.74 Å². The minimum Gasteiger partial charge on any atom is -0.484 e. The molecule has 0 amide bonds. The van der Waals surface area contributed by atoms with Crippen LogP contribution in [0.3, 0.4) is 0 Å². The van der Waals surface area contributed by atoms with E-state index in [1.165, 1.54) is 0 Å². The van der Waals surface area contributed by atoms with Crippen molar-refractivity contribution in [2.24, 2.45) is 0 Å². The highest BCUT2D eigenvalue weighted by Gasteiger charge is 2.21. The molecule has 4 heterocycles. The summed E-state index contributed by atoms with van der Waals surface area (Å²) in [6, 6.07) is 9.96. The molecule has 2 N–H and O–H groups in total. The molecule has 0 unspecified atom stereocenters. The molecule has 132 valence electrons. The van der Waals surface area contributed by atoms with Gasteiger partial charge in [-0.1, -0.05) is 6.07 Å². The Kier molecular flexibility index (Phi) is 3.62. The van der Waals surface area contributed by atoms with Gasteiger partial charge in [-0.05, 0) is 23.8 Å². The number of aromatic amines is 2. The SMILES string of the molecule is N#Cc1cc(-c2c[nH]c3ncc(-c4cn[nH]c4)cc23)ccc1OC1COC1. The molecule has 3 aromatic heterocycles. The fourth-order valence-electron chi connectivity index (χ4n) is 3.16. The van der Waals surface area contributed by atoms with Gasteiger partial charge in [-0.25, -0.2) is 4.98 Å². The molecule has 1 aliphatic rings. The van der Waals surface area contributed by atoms with Gasteiger partial charge in [-0.2, -0.15) is 10.4 Å². The molecule has 0 spiro atoms. The van der Waals surface area contributed by atoms with Crippen molar-refractivity contribution in [1.82, 2.24) is 20.2 Å². The van der Waals surface area contributed by atoms with Gasteiger partial charge >= 0.3 is 0 Å². The summed E-state index contributed by atoms with van der Waals surface area (Å²) in [5, 5.41) is 17.3. The van der Waals surface area contributed by atoms with Gasteiger partial charge in [0, 0.05) is 40.7 Å². The molecule has 0 saturated carbocycles. The van der Waals surface area contributed by atoms with E-state index in [4.69, 9.17) is 9.47 Å². The highest BCUT2D eigenvalue weighted by Crippen LogP contribution is 2.33. The summed E-state index contributed by atoms with van der Waals surface area (Å²) in [5.41, 5.74) is 5.16. The Morgan fingerprint density at radius 2 is 2.04 bits per heavy atom. The van der Waals surface area contributed by atoms with Crippen LogP contribution in [0, 0.1) is 11.3 Å². The summed E-state index contributed by atoms with van der Waals surface area (Å²) in [5.74, 6) is 0.589. The molecular weight excluding hydrogens is 342 g/mol. The number of H-pyrrole nitrogens is 2. The lowest BCUT2D eigenvalue weighted by Gasteiger charge is -2.27. The third-order valence-electron chi connectivity index (χ3n) is 4.67. The molecule has 1 aliphatic heterocycles. The maximum atomic E-state index is 9.53. The average molecular weight is 357 g/mol. The zero-order valence-corrected chi connectivity index (χ0v) is 14.3. The monoisotopic (exact) mass is 357 g/mol. The first-order chi connectivity index (χ1) is 13.3. The van der Waals surface area contributed by atoms with Crippen molar-refractivity contribution in [3.63, 3.8) is 0 Å². The minimum atomic E-state index is 0.0257. The van der Waals surface area contributed by atoms with E-state index in [0.29, 0.717) is 24.5 Å². The molecule has 0 radical (unpaired) electrons. The van der Waals surface area contributed by atoms with Crippen LogP contribution in [0.2, 0.25) is 0 Å². The summed E-state index contributed by atoms with van der Waals surface area (Å²) in [7, 11) is 0. The molecule has 0 bridgehead atoms. The van der Waals surface area contributed by atoms with Gasteiger partial charge in [0.25, 0.3) is 0 Å². The molecule has 1 saturated heterocycles. The van der Waals surface area contributed by atoms with E-state index in [-0.39, 0.29) is 6.10 Å². The highest BCUT2D eigenvalue weighted by molar-refractivity contribution is 5.96. The second-order valence-electron chi connectivity index (χ2n) is 6.41. The van der Waals surface area contributed by atoms with Crippen molar-refractivity contribution in [2.75, 3.05) is 13.2 Å². The van der Waals surface area contributed by atoms with Gasteiger partial charge in [-0.15, -0.1) is 0 Å². The molecule has 0 atom stereocenters. The van der Waals surface area contributed by atoms with Crippen molar-refractivity contribution < 1.29 is 9.47 Å². The summed E-state index contributed by atoms with van der Waals surface area (Å²) in [4.78, 5) is 7.70. The number of nitrogens with one attached hydrogen (secondary N) is 2. The first-order valence-corrected chi connectivity index (χ1v) is 8.57. The Morgan fingerprint density at radius 1 is 1.11 bits per heavy atom. The van der Waals surface area contributed by atoms with Crippen LogP contribution in [0.25, 0.3) is 33.3 Å². The van der Waals surface area contributed by atoms with Crippen molar-refractivity contribution in [1.29, 1.82) is 5.26 Å². The molecule has 27 heavy (non-hydrogen) atoms. The smallest absolute Gasteiger partial charge is 0.145 e. The van der Waals surface area contributed by atoms with Gasteiger partial charge in [0.1, 0.15) is 23.6 Å². The number of benzene rings is 1. The van der Waals surface area contributed by atoms with Crippen LogP contribution in [0.1, 0.15) is 5.56 Å². The van der Waals surface area contributed by atoms with E-state index in [0.717, 1.165) is 33.3 Å². The first kappa shape index (κ1) is 15.6. The maximum Gasteiger partial charge on any atom is 0.145 e. The second-order valence-corrected chi connectivity index (χ2v) is 6.41. The third kappa shape index (κ3) is 2.72. The quantitative estimate of drug-likeness (QED) is 0.584. The number of aromatic nitrogens is 4. The average Bonchev–Trinajstić information content (AvgIpc) is 3.34. The molecule has 7 heteroatoms. The van der Waals surface area contributed by atoms with Crippen LogP contribution in [-0.2, 0) is 4.74 Å². The normalized spacial score (nSPS) is 14.0. The summed E-state index contributed by atoms with van der Waals surface area (Å²) in [6.45, 7) is 1.13. The Balaban J connectivity index is 1.56. The van der Waals surface area contributed by atoms with Crippen molar-refractivity contribution in [3.05, 3.63) is 54.6 Å². The van der Waals surface area contributed by atoms with E-state index >= 15 is 0 Å². The van der Waals surface area contributed by atoms with Crippen LogP contribution in [0.4, 0.5) is 0 Å². The fraction of sp³-hybridized carbons (Fsp3) is 0.150. The van der Waals surface area contributed by atoms with Gasteiger partial charge in [0.2, 0.25) is 0 Å². The van der Waals surface area contributed by atoms with E-state index in [2.05, 4.69) is 32.3 Å². The van der Waals surface area contributed by atoms with Gasteiger partial charge in [-0.3, -0.25) is 5.10 Å². The van der Waals surface area contributed by atoms with Crippen molar-refractivity contribution in [2.45, 2.75) is 6.10 Å². The number of nitriles is 1. The number of ether oxygens (including phenoxy) is 2. The first-order valence-electron chi connectivity index (χ1n) is 8.57. The predicted molar refractivity (Wildman–Crippen MR) is 99.1 cm³/mol. The molecule has 5 rings (SSSR count). The fourth-order valence-corrected chi connectivity index (χ4v) is 3.16. The maximum absolute atomic E-state index is 9.53. The molecule has 1 aromatic carbocycles. The molecule has 0 aliphatic carbocycles. The lowest BCUT2D eigenvalue weighted by atomic mass is 10.0. The van der Waals surface area contributed by atoms with E-state index < -0.39 is 0 Å². The zero-order chi connectivity index (χ0) is 18.2. The Labute approximate surface area is 154 Å². The van der Waals surface area contributed by atoms with Gasteiger partial charge in [0.05, 0.1) is 25.0 Å². The van der Waals surface area contributed by atoms with Gasteiger partial charge in [0.15, 0.2) is 0 Å². The summed E-state index contributed by atoms with van der Waals surface area (Å²) < 4.78 is 10.9. The van der Waals surface area contributed by atoms with E-state index in [9.17, 15) is 5.26 Å². The predicted octanol–water partition coefficient (Wildman–Crippen LogP) is 3.27. The second kappa shape index (κ2) is 6.27. The van der Waals surface area contributed by atoms with Crippen LogP contribution in [-0.4, -0.2) is 39.5 Å². The van der Waals surface area contributed by atoms with Crippen LogP contribution >= 0.6 is 0 Å². The largest absolute Gasteiger partial charge is 0.484 e. The number of rotatable bonds is 4. The summed E-state index contributed by atoms with van der Waals surface area (Å²) >= 11 is 0. The van der Waals surface area contributed by atoms with E-state index in [1.807, 2.05) is 36.8 Å². The highest BCUT2D eigenvalue weighted by atomic mass is 16.6. The third-order valence-corrected chi connectivity index (χ3v) is 4.67. The lowest BCUT2D eigenvalue weighted by molar-refractivity contribution is -0.0797. The number of hydrogen-bond acceptors (Lipinski definition) is 5. The number of hydrogen-bond donors (Lipinski definition) is 2. The molecule has 4 aromatic rings. The molecular formula is C20H15N5O2. The lowest BCUT2D eigenvalue weighted by Crippen LogP contribution is -2.38. The Hall–Kier alpha value is -3.63. The number of pyridine rings is 1. The Morgan fingerprint density at radius 3 is 2.78 bits per heavy atom. The van der Waals surface area contributed by atoms with Gasteiger partial charge < -0.3 is 14.5 Å². The molecule has 1 fully saturated rings. The van der Waals surface area contributed by atoms with Crippen molar-refractivity contribution >= 4 is 11.0 Å². The standard InChI is InChI=1S/C20H15N5O2/c21-5-13-3-12(1-2-19(13)27-16-10-26-11-16)18-9-23-20-17(18)4-14(6-22-20)15-7-24-25-8-15/h1-4,6-9,16H,10-11H2,(H,22,23)(H,24,25). The summed E-state index contributed by atoms with van der Waals surface area (Å²) in [6.07, 6.45) is 7.34. The van der Waals surface area contributed by atoms with Crippen LogP contribution in [0.5, 0.6) is 5.75 Å². The minimum absolute atomic E-state index is 0.0257. The number of nitrogens with zero attached hydrogens (tertiary/aromatic N) is 3. The topological polar surface area (TPSA) is 99.6 Å².